The molecular weight excluding hydrogens is 158 g/mol. The van der Waals surface area contributed by atoms with Gasteiger partial charge >= 0.3 is 0 Å². The average Bonchev–Trinajstić information content (AvgIpc) is 2.19. The van der Waals surface area contributed by atoms with Gasteiger partial charge < -0.3 is 4.79 Å². The molecule has 0 aliphatic carbocycles. The Morgan fingerprint density at radius 1 is 1.17 bits per heavy atom. The molecule has 0 aromatic heterocycles. The zero-order valence-electron chi connectivity index (χ0n) is 7.59. The molecule has 0 N–H and O–H groups in total. The summed E-state index contributed by atoms with van der Waals surface area (Å²) in [7, 11) is 1.51. The first kappa shape index (κ1) is 10.8. The molecule has 2 amide bonds. The monoisotopic (exact) mass is 171 g/mol. The van der Waals surface area contributed by atoms with Gasteiger partial charge in [0, 0.05) is 19.9 Å². The molecule has 1 aliphatic heterocycles. The van der Waals surface area contributed by atoms with Gasteiger partial charge in [-0.2, -0.15) is 0 Å². The summed E-state index contributed by atoms with van der Waals surface area (Å²) in [6, 6.07) is 0. The Morgan fingerprint density at radius 3 is 1.50 bits per heavy atom. The fourth-order valence-corrected chi connectivity index (χ4v) is 0.688. The number of likely N-dealkylation sites (tertiary alicyclic amines) is 1. The predicted molar refractivity (Wildman–Crippen MR) is 43.4 cm³/mol. The fourth-order valence-electron chi connectivity index (χ4n) is 0.688. The molecule has 0 bridgehead atoms. The first-order valence-corrected chi connectivity index (χ1v) is 3.71. The lowest BCUT2D eigenvalue weighted by Gasteiger charge is -2.01. The molecule has 1 rings (SSSR count). The van der Waals surface area contributed by atoms with E-state index in [1.54, 1.807) is 0 Å². The molecule has 0 aromatic rings. The van der Waals surface area contributed by atoms with Crippen LogP contribution in [0, 0.1) is 0 Å². The van der Waals surface area contributed by atoms with Gasteiger partial charge in [0.2, 0.25) is 11.8 Å². The van der Waals surface area contributed by atoms with Crippen molar-refractivity contribution in [2.45, 2.75) is 26.7 Å². The summed E-state index contributed by atoms with van der Waals surface area (Å²) in [4.78, 5) is 31.6. The minimum atomic E-state index is -0.0602. The van der Waals surface area contributed by atoms with Crippen molar-refractivity contribution < 1.29 is 14.4 Å². The van der Waals surface area contributed by atoms with E-state index in [4.69, 9.17) is 0 Å². The molecule has 1 saturated heterocycles. The highest BCUT2D eigenvalue weighted by atomic mass is 16.2. The van der Waals surface area contributed by atoms with Gasteiger partial charge in [-0.15, -0.1) is 0 Å². The molecule has 1 aliphatic rings. The summed E-state index contributed by atoms with van der Waals surface area (Å²) in [6.07, 6.45) is 0.796. The standard InChI is InChI=1S/C5H7NO2.C3H6O/c1-6-4(7)2-3-5(6)8;1-3(2)4/h2-3H2,1H3;1-2H3. The van der Waals surface area contributed by atoms with Crippen LogP contribution in [0.3, 0.4) is 0 Å². The lowest BCUT2D eigenvalue weighted by molar-refractivity contribution is -0.136. The van der Waals surface area contributed by atoms with Crippen LogP contribution in [0.2, 0.25) is 0 Å². The van der Waals surface area contributed by atoms with E-state index in [-0.39, 0.29) is 17.6 Å². The summed E-state index contributed by atoms with van der Waals surface area (Å²) in [5, 5.41) is 0. The number of amides is 2. The summed E-state index contributed by atoms with van der Waals surface area (Å²) in [5.74, 6) is 0.0463. The summed E-state index contributed by atoms with van der Waals surface area (Å²) < 4.78 is 0. The van der Waals surface area contributed by atoms with Crippen molar-refractivity contribution in [3.63, 3.8) is 0 Å². The van der Waals surface area contributed by atoms with Crippen LogP contribution in [0.15, 0.2) is 0 Å². The van der Waals surface area contributed by atoms with Crippen molar-refractivity contribution >= 4 is 17.6 Å². The Kier molecular flexibility index (Phi) is 4.18. The molecule has 0 saturated carbocycles. The van der Waals surface area contributed by atoms with Crippen molar-refractivity contribution in [3.05, 3.63) is 0 Å². The smallest absolute Gasteiger partial charge is 0.229 e. The molecular formula is C8H13NO3. The third-order valence-electron chi connectivity index (χ3n) is 1.30. The van der Waals surface area contributed by atoms with Crippen LogP contribution in [-0.2, 0) is 14.4 Å². The maximum atomic E-state index is 10.5. The van der Waals surface area contributed by atoms with Gasteiger partial charge in [-0.3, -0.25) is 14.5 Å². The average molecular weight is 171 g/mol. The lowest BCUT2D eigenvalue weighted by atomic mass is 10.4. The van der Waals surface area contributed by atoms with E-state index >= 15 is 0 Å². The molecule has 68 valence electrons. The second-order valence-electron chi connectivity index (χ2n) is 2.75. The van der Waals surface area contributed by atoms with E-state index in [0.29, 0.717) is 12.8 Å². The van der Waals surface area contributed by atoms with Gasteiger partial charge in [0.25, 0.3) is 0 Å². The second-order valence-corrected chi connectivity index (χ2v) is 2.75. The van der Waals surface area contributed by atoms with Crippen LogP contribution in [0.1, 0.15) is 26.7 Å². The van der Waals surface area contributed by atoms with Crippen LogP contribution < -0.4 is 0 Å². The van der Waals surface area contributed by atoms with Gasteiger partial charge in [0.1, 0.15) is 5.78 Å². The third kappa shape index (κ3) is 3.85. The Hall–Kier alpha value is -1.19. The zero-order chi connectivity index (χ0) is 9.72. The maximum Gasteiger partial charge on any atom is 0.229 e. The molecule has 12 heavy (non-hydrogen) atoms. The van der Waals surface area contributed by atoms with Crippen LogP contribution >= 0.6 is 0 Å². The molecule has 0 radical (unpaired) electrons. The van der Waals surface area contributed by atoms with E-state index in [1.807, 2.05) is 0 Å². The quantitative estimate of drug-likeness (QED) is 0.494. The van der Waals surface area contributed by atoms with Gasteiger partial charge in [-0.05, 0) is 13.8 Å². The topological polar surface area (TPSA) is 54.5 Å². The van der Waals surface area contributed by atoms with Crippen LogP contribution in [0.25, 0.3) is 0 Å². The molecule has 0 aromatic carbocycles. The van der Waals surface area contributed by atoms with Gasteiger partial charge in [0.05, 0.1) is 0 Å². The number of nitrogens with zero attached hydrogens (tertiary/aromatic N) is 1. The van der Waals surface area contributed by atoms with Crippen LogP contribution in [-0.4, -0.2) is 29.5 Å². The third-order valence-corrected chi connectivity index (χ3v) is 1.30. The zero-order valence-corrected chi connectivity index (χ0v) is 7.59. The minimum absolute atomic E-state index is 0.0602. The molecule has 0 atom stereocenters. The Bertz CT molecular complexity index is 190. The van der Waals surface area contributed by atoms with Crippen LogP contribution in [0.4, 0.5) is 0 Å². The fraction of sp³-hybridized carbons (Fsp3) is 0.625. The number of carbonyl (C=O) groups is 3. The molecule has 0 unspecified atom stereocenters. The first-order chi connectivity index (χ1) is 5.45. The largest absolute Gasteiger partial charge is 0.300 e. The Balaban J connectivity index is 0.000000261. The van der Waals surface area contributed by atoms with Gasteiger partial charge in [0.15, 0.2) is 0 Å². The van der Waals surface area contributed by atoms with Gasteiger partial charge in [-0.25, -0.2) is 0 Å². The summed E-state index contributed by atoms with van der Waals surface area (Å²) in [5.41, 5.74) is 0. The molecule has 0 spiro atoms. The highest BCUT2D eigenvalue weighted by Crippen LogP contribution is 2.07. The van der Waals surface area contributed by atoms with E-state index in [0.717, 1.165) is 0 Å². The highest BCUT2D eigenvalue weighted by Gasteiger charge is 2.24. The number of imide groups is 1. The van der Waals surface area contributed by atoms with E-state index in [2.05, 4.69) is 0 Å². The van der Waals surface area contributed by atoms with E-state index in [1.165, 1.54) is 25.8 Å². The van der Waals surface area contributed by atoms with Crippen LogP contribution in [0.5, 0.6) is 0 Å². The van der Waals surface area contributed by atoms with Gasteiger partial charge in [-0.1, -0.05) is 0 Å². The number of hydrogen-bond acceptors (Lipinski definition) is 3. The van der Waals surface area contributed by atoms with Crippen molar-refractivity contribution in [2.75, 3.05) is 7.05 Å². The number of carbonyl (C=O) groups excluding carboxylic acids is 3. The molecule has 4 heteroatoms. The summed E-state index contributed by atoms with van der Waals surface area (Å²) in [6.45, 7) is 3.06. The second kappa shape index (κ2) is 4.64. The van der Waals surface area contributed by atoms with Crippen molar-refractivity contribution in [1.82, 2.24) is 4.90 Å². The first-order valence-electron chi connectivity index (χ1n) is 3.71. The van der Waals surface area contributed by atoms with Crippen molar-refractivity contribution in [1.29, 1.82) is 0 Å². The lowest BCUT2D eigenvalue weighted by Crippen LogP contribution is -2.23. The number of Topliss-reactive ketones (excluding diaryl/α,β-unsaturated/α-hetero) is 1. The maximum absolute atomic E-state index is 10.5. The molecule has 1 fully saturated rings. The number of hydrogen-bond donors (Lipinski definition) is 0. The number of rotatable bonds is 0. The molecule has 1 heterocycles. The van der Waals surface area contributed by atoms with Crippen molar-refractivity contribution in [2.24, 2.45) is 0 Å². The minimum Gasteiger partial charge on any atom is -0.300 e. The Labute approximate surface area is 71.5 Å². The van der Waals surface area contributed by atoms with Crippen molar-refractivity contribution in [3.8, 4) is 0 Å². The normalized spacial score (nSPS) is 15.8. The SMILES string of the molecule is CC(C)=O.CN1C(=O)CCC1=O. The number of ketones is 1. The summed E-state index contributed by atoms with van der Waals surface area (Å²) >= 11 is 0. The highest BCUT2D eigenvalue weighted by molar-refractivity contribution is 6.01. The van der Waals surface area contributed by atoms with E-state index in [9.17, 15) is 14.4 Å². The predicted octanol–water partition coefficient (Wildman–Crippen LogP) is 0.361. The Morgan fingerprint density at radius 2 is 1.42 bits per heavy atom. The van der Waals surface area contributed by atoms with E-state index < -0.39 is 0 Å². The molecule has 4 nitrogen and oxygen atoms in total.